The Labute approximate surface area is 95.1 Å². The van der Waals surface area contributed by atoms with Gasteiger partial charge in [-0.2, -0.15) is 0 Å². The molecule has 1 rings (SSSR count). The molecule has 7 nitrogen and oxygen atoms in total. The number of carbonyl (C=O) groups is 1. The lowest BCUT2D eigenvalue weighted by Crippen LogP contribution is -2.47. The van der Waals surface area contributed by atoms with Crippen molar-refractivity contribution in [2.45, 2.75) is 6.42 Å². The quantitative estimate of drug-likeness (QED) is 0.357. The van der Waals surface area contributed by atoms with Gasteiger partial charge in [-0.3, -0.25) is 9.69 Å². The largest absolute Gasteiger partial charge is 0.395 e. The second kappa shape index (κ2) is 7.53. The maximum Gasteiger partial charge on any atom is 0.327 e. The molecule has 0 bridgehead atoms. The molecular weight excluding hydrogens is 212 g/mol. The Morgan fingerprint density at radius 2 is 1.81 bits per heavy atom. The number of piperazine rings is 1. The van der Waals surface area contributed by atoms with Gasteiger partial charge in [0.1, 0.15) is 0 Å². The van der Waals surface area contributed by atoms with E-state index in [1.54, 1.807) is 0 Å². The molecule has 1 aliphatic rings. The van der Waals surface area contributed by atoms with Crippen LogP contribution in [0.4, 0.5) is 0 Å². The molecule has 16 heavy (non-hydrogen) atoms. The number of hydrazine groups is 1. The van der Waals surface area contributed by atoms with Gasteiger partial charge in [0.25, 0.3) is 0 Å². The Bertz CT molecular complexity index is 207. The molecule has 0 spiro atoms. The van der Waals surface area contributed by atoms with Crippen LogP contribution in [-0.2, 0) is 9.63 Å². The second-order valence-electron chi connectivity index (χ2n) is 3.75. The van der Waals surface area contributed by atoms with E-state index in [0.29, 0.717) is 13.0 Å². The van der Waals surface area contributed by atoms with E-state index in [9.17, 15) is 4.79 Å². The first kappa shape index (κ1) is 13.3. The molecule has 94 valence electrons. The van der Waals surface area contributed by atoms with Crippen LogP contribution < -0.4 is 11.4 Å². The van der Waals surface area contributed by atoms with Gasteiger partial charge in [-0.15, -0.1) is 0 Å². The minimum absolute atomic E-state index is 0.203. The number of hydrogen-bond acceptors (Lipinski definition) is 7. The monoisotopic (exact) mass is 232 g/mol. The summed E-state index contributed by atoms with van der Waals surface area (Å²) in [6.45, 7) is 5.33. The first-order valence-electron chi connectivity index (χ1n) is 5.47. The summed E-state index contributed by atoms with van der Waals surface area (Å²) in [6, 6.07) is 0. The summed E-state index contributed by atoms with van der Waals surface area (Å²) in [4.78, 5) is 19.8. The number of rotatable bonds is 6. The van der Waals surface area contributed by atoms with E-state index in [-0.39, 0.29) is 12.6 Å². The second-order valence-corrected chi connectivity index (χ2v) is 3.75. The molecule has 0 aromatic heterocycles. The van der Waals surface area contributed by atoms with Crippen LogP contribution >= 0.6 is 0 Å². The summed E-state index contributed by atoms with van der Waals surface area (Å²) in [6.07, 6.45) is 0.337. The highest BCUT2D eigenvalue weighted by Crippen LogP contribution is 2.02. The van der Waals surface area contributed by atoms with Crippen LogP contribution in [0.5, 0.6) is 0 Å². The average Bonchev–Trinajstić information content (AvgIpc) is 2.29. The summed E-state index contributed by atoms with van der Waals surface area (Å²) >= 11 is 0. The molecule has 0 aromatic rings. The third-order valence-corrected chi connectivity index (χ3v) is 2.69. The van der Waals surface area contributed by atoms with Gasteiger partial charge in [-0.25, -0.2) is 5.84 Å². The van der Waals surface area contributed by atoms with Crippen molar-refractivity contribution in [1.82, 2.24) is 15.4 Å². The molecule has 1 heterocycles. The predicted molar refractivity (Wildman–Crippen MR) is 58.0 cm³/mol. The molecule has 0 amide bonds. The fourth-order valence-electron chi connectivity index (χ4n) is 1.74. The van der Waals surface area contributed by atoms with E-state index >= 15 is 0 Å². The molecular formula is C9H20N4O3. The van der Waals surface area contributed by atoms with E-state index in [4.69, 9.17) is 10.9 Å². The van der Waals surface area contributed by atoms with Crippen LogP contribution in [0.3, 0.4) is 0 Å². The number of carbonyl (C=O) groups excluding carboxylic acids is 1. The van der Waals surface area contributed by atoms with Gasteiger partial charge in [0.15, 0.2) is 0 Å². The Balaban J connectivity index is 2.10. The van der Waals surface area contributed by atoms with Crippen LogP contribution in [-0.4, -0.2) is 66.8 Å². The zero-order chi connectivity index (χ0) is 11.8. The summed E-state index contributed by atoms with van der Waals surface area (Å²) in [5.41, 5.74) is 1.87. The minimum Gasteiger partial charge on any atom is -0.395 e. The van der Waals surface area contributed by atoms with Crippen LogP contribution in [0.1, 0.15) is 6.42 Å². The van der Waals surface area contributed by atoms with Gasteiger partial charge in [0.05, 0.1) is 13.0 Å². The summed E-state index contributed by atoms with van der Waals surface area (Å²) in [5, 5.41) is 8.78. The molecule has 1 fully saturated rings. The summed E-state index contributed by atoms with van der Waals surface area (Å²) in [5.74, 6) is 4.51. The third kappa shape index (κ3) is 4.86. The molecule has 0 aliphatic carbocycles. The normalized spacial score (nSPS) is 18.6. The van der Waals surface area contributed by atoms with Crippen LogP contribution in [0, 0.1) is 0 Å². The molecule has 0 saturated carbocycles. The fourth-order valence-corrected chi connectivity index (χ4v) is 1.74. The Hall–Kier alpha value is -0.730. The SMILES string of the molecule is NNOC(=O)CCN1CCN(CCO)CC1. The molecule has 4 N–H and O–H groups in total. The number of β-amino-alcohol motifs (C(OH)–C–C–N with tert-alkyl or cyclic N) is 1. The number of hydrogen-bond donors (Lipinski definition) is 3. The van der Waals surface area contributed by atoms with E-state index in [2.05, 4.69) is 14.6 Å². The van der Waals surface area contributed by atoms with Crippen molar-refractivity contribution >= 4 is 5.97 Å². The molecule has 0 unspecified atom stereocenters. The van der Waals surface area contributed by atoms with Crippen molar-refractivity contribution in [3.05, 3.63) is 0 Å². The van der Waals surface area contributed by atoms with Gasteiger partial charge >= 0.3 is 5.97 Å². The van der Waals surface area contributed by atoms with Crippen molar-refractivity contribution in [2.24, 2.45) is 5.84 Å². The lowest BCUT2D eigenvalue weighted by atomic mass is 10.3. The highest BCUT2D eigenvalue weighted by atomic mass is 16.7. The van der Waals surface area contributed by atoms with Crippen LogP contribution in [0.15, 0.2) is 0 Å². The number of aliphatic hydroxyl groups is 1. The fraction of sp³-hybridized carbons (Fsp3) is 0.889. The minimum atomic E-state index is -0.347. The topological polar surface area (TPSA) is 91.1 Å². The van der Waals surface area contributed by atoms with Crippen molar-refractivity contribution < 1.29 is 14.7 Å². The first-order chi connectivity index (χ1) is 7.76. The Morgan fingerprint density at radius 1 is 1.25 bits per heavy atom. The molecule has 1 saturated heterocycles. The smallest absolute Gasteiger partial charge is 0.327 e. The van der Waals surface area contributed by atoms with E-state index in [1.807, 2.05) is 5.59 Å². The Kier molecular flexibility index (Phi) is 6.27. The predicted octanol–water partition coefficient (Wildman–Crippen LogP) is -2.09. The summed E-state index contributed by atoms with van der Waals surface area (Å²) in [7, 11) is 0. The highest BCUT2D eigenvalue weighted by Gasteiger charge is 2.16. The number of nitrogens with one attached hydrogen (secondary N) is 1. The molecule has 0 atom stereocenters. The van der Waals surface area contributed by atoms with E-state index < -0.39 is 0 Å². The zero-order valence-corrected chi connectivity index (χ0v) is 9.39. The third-order valence-electron chi connectivity index (χ3n) is 2.69. The average molecular weight is 232 g/mol. The van der Waals surface area contributed by atoms with E-state index in [1.165, 1.54) is 0 Å². The van der Waals surface area contributed by atoms with Crippen molar-refractivity contribution in [3.63, 3.8) is 0 Å². The Morgan fingerprint density at radius 3 is 2.31 bits per heavy atom. The van der Waals surface area contributed by atoms with Crippen molar-refractivity contribution in [2.75, 3.05) is 45.9 Å². The molecule has 1 aliphatic heterocycles. The molecule has 0 radical (unpaired) electrons. The molecule has 7 heteroatoms. The van der Waals surface area contributed by atoms with Gasteiger partial charge in [0.2, 0.25) is 0 Å². The standard InChI is InChI=1S/C9H20N4O3/c10-11-16-9(15)1-2-12-3-5-13(6-4-12)7-8-14/h11,14H,1-8,10H2. The van der Waals surface area contributed by atoms with Gasteiger partial charge in [0, 0.05) is 39.3 Å². The first-order valence-corrected chi connectivity index (χ1v) is 5.47. The molecule has 0 aromatic carbocycles. The highest BCUT2D eigenvalue weighted by molar-refractivity contribution is 5.69. The number of nitrogens with zero attached hydrogens (tertiary/aromatic N) is 2. The number of nitrogens with two attached hydrogens (primary N) is 1. The lowest BCUT2D eigenvalue weighted by molar-refractivity contribution is -0.151. The van der Waals surface area contributed by atoms with Gasteiger partial charge in [-0.05, 0) is 0 Å². The lowest BCUT2D eigenvalue weighted by Gasteiger charge is -2.34. The maximum absolute atomic E-state index is 11.0. The van der Waals surface area contributed by atoms with E-state index in [0.717, 1.165) is 32.7 Å². The van der Waals surface area contributed by atoms with Crippen LogP contribution in [0.2, 0.25) is 0 Å². The number of aliphatic hydroxyl groups excluding tert-OH is 1. The van der Waals surface area contributed by atoms with Gasteiger partial charge < -0.3 is 14.8 Å². The van der Waals surface area contributed by atoms with Crippen LogP contribution in [0.25, 0.3) is 0 Å². The summed E-state index contributed by atoms with van der Waals surface area (Å²) < 4.78 is 0. The van der Waals surface area contributed by atoms with Crippen molar-refractivity contribution in [1.29, 1.82) is 0 Å². The van der Waals surface area contributed by atoms with Gasteiger partial charge in [-0.1, -0.05) is 5.59 Å². The van der Waals surface area contributed by atoms with Crippen molar-refractivity contribution in [3.8, 4) is 0 Å². The maximum atomic E-state index is 11.0. The zero-order valence-electron chi connectivity index (χ0n) is 9.39.